The van der Waals surface area contributed by atoms with Crippen molar-refractivity contribution < 1.29 is 4.79 Å². The molecule has 2 rings (SSSR count). The monoisotopic (exact) mass is 257 g/mol. The van der Waals surface area contributed by atoms with E-state index in [4.69, 9.17) is 5.73 Å². The number of thioether (sulfide) groups is 1. The van der Waals surface area contributed by atoms with Crippen molar-refractivity contribution in [3.05, 3.63) is 0 Å². The fourth-order valence-electron chi connectivity index (χ4n) is 2.77. The third-order valence-corrected chi connectivity index (χ3v) is 4.41. The molecule has 0 aromatic rings. The van der Waals surface area contributed by atoms with Gasteiger partial charge in [0, 0.05) is 25.2 Å². The van der Waals surface area contributed by atoms with Gasteiger partial charge >= 0.3 is 0 Å². The molecule has 98 valence electrons. The van der Waals surface area contributed by atoms with Crippen molar-refractivity contribution in [1.82, 2.24) is 9.80 Å². The number of nitrogens with zero attached hydrogens (tertiary/aromatic N) is 2. The van der Waals surface area contributed by atoms with Gasteiger partial charge in [0.15, 0.2) is 0 Å². The Morgan fingerprint density at radius 2 is 2.00 bits per heavy atom. The summed E-state index contributed by atoms with van der Waals surface area (Å²) in [6, 6.07) is 0.968. The van der Waals surface area contributed by atoms with E-state index in [0.717, 1.165) is 45.4 Å². The second kappa shape index (κ2) is 6.07. The van der Waals surface area contributed by atoms with Crippen LogP contribution in [-0.2, 0) is 4.79 Å². The Morgan fingerprint density at radius 3 is 2.65 bits per heavy atom. The lowest BCUT2D eigenvalue weighted by Gasteiger charge is -2.34. The van der Waals surface area contributed by atoms with E-state index in [1.54, 1.807) is 11.8 Å². The molecule has 2 aliphatic heterocycles. The zero-order valence-corrected chi connectivity index (χ0v) is 11.4. The van der Waals surface area contributed by atoms with Crippen LogP contribution in [0.4, 0.5) is 0 Å². The minimum atomic E-state index is 0.300. The molecule has 0 saturated carbocycles. The van der Waals surface area contributed by atoms with Crippen molar-refractivity contribution in [3.8, 4) is 0 Å². The molecule has 2 aliphatic rings. The smallest absolute Gasteiger partial charge is 0.232 e. The summed E-state index contributed by atoms with van der Waals surface area (Å²) in [4.78, 5) is 16.3. The number of rotatable bonds is 3. The first-order valence-corrected chi connectivity index (χ1v) is 7.86. The van der Waals surface area contributed by atoms with Crippen LogP contribution in [0.25, 0.3) is 0 Å². The molecular formula is C12H23N3OS. The number of amides is 1. The highest BCUT2D eigenvalue weighted by atomic mass is 32.2. The summed E-state index contributed by atoms with van der Waals surface area (Å²) in [5.74, 6) is 0.922. The number of carbonyl (C=O) groups is 1. The Balaban J connectivity index is 1.79. The average molecular weight is 257 g/mol. The van der Waals surface area contributed by atoms with Gasteiger partial charge in [0.05, 0.1) is 5.75 Å². The summed E-state index contributed by atoms with van der Waals surface area (Å²) in [5, 5.41) is 0. The van der Waals surface area contributed by atoms with E-state index in [0.29, 0.717) is 23.7 Å². The van der Waals surface area contributed by atoms with E-state index in [1.165, 1.54) is 0 Å². The van der Waals surface area contributed by atoms with Crippen molar-refractivity contribution in [1.29, 1.82) is 0 Å². The average Bonchev–Trinajstić information content (AvgIpc) is 2.80. The van der Waals surface area contributed by atoms with E-state index in [9.17, 15) is 4.79 Å². The molecule has 1 unspecified atom stereocenters. The molecule has 0 aromatic heterocycles. The van der Waals surface area contributed by atoms with Crippen LogP contribution in [0.5, 0.6) is 0 Å². The van der Waals surface area contributed by atoms with Crippen molar-refractivity contribution in [2.45, 2.75) is 31.3 Å². The largest absolute Gasteiger partial charge is 0.340 e. The highest BCUT2D eigenvalue weighted by molar-refractivity contribution is 7.99. The topological polar surface area (TPSA) is 49.6 Å². The van der Waals surface area contributed by atoms with E-state index in [1.807, 2.05) is 11.2 Å². The molecule has 1 atom stereocenters. The molecule has 0 aromatic carbocycles. The van der Waals surface area contributed by atoms with E-state index < -0.39 is 0 Å². The van der Waals surface area contributed by atoms with Crippen molar-refractivity contribution in [2.75, 3.05) is 38.2 Å². The first kappa shape index (κ1) is 13.2. The van der Waals surface area contributed by atoms with Crippen molar-refractivity contribution >= 4 is 17.7 Å². The third kappa shape index (κ3) is 3.36. The van der Waals surface area contributed by atoms with Gasteiger partial charge in [-0.25, -0.2) is 0 Å². The zero-order chi connectivity index (χ0) is 12.3. The normalized spacial score (nSPS) is 27.6. The molecule has 0 aliphatic carbocycles. The molecule has 0 radical (unpaired) electrons. The third-order valence-electron chi connectivity index (χ3n) is 3.87. The lowest BCUT2D eigenvalue weighted by Crippen LogP contribution is -2.46. The van der Waals surface area contributed by atoms with Gasteiger partial charge in [-0.3, -0.25) is 9.69 Å². The predicted octanol–water partition coefficient (Wildman–Crippen LogP) is 0.373. The Bertz CT molecular complexity index is 266. The maximum atomic E-state index is 11.8. The van der Waals surface area contributed by atoms with Gasteiger partial charge in [-0.1, -0.05) is 0 Å². The van der Waals surface area contributed by atoms with E-state index in [-0.39, 0.29) is 0 Å². The zero-order valence-electron chi connectivity index (χ0n) is 10.6. The van der Waals surface area contributed by atoms with Crippen LogP contribution in [0.2, 0.25) is 0 Å². The highest BCUT2D eigenvalue weighted by Crippen LogP contribution is 2.20. The maximum Gasteiger partial charge on any atom is 0.232 e. The van der Waals surface area contributed by atoms with Gasteiger partial charge in [-0.2, -0.15) is 11.8 Å². The minimum absolute atomic E-state index is 0.300. The minimum Gasteiger partial charge on any atom is -0.340 e. The van der Waals surface area contributed by atoms with Crippen LogP contribution < -0.4 is 5.73 Å². The van der Waals surface area contributed by atoms with Gasteiger partial charge in [0.1, 0.15) is 0 Å². The molecule has 17 heavy (non-hydrogen) atoms. The Kier molecular flexibility index (Phi) is 4.70. The molecule has 2 fully saturated rings. The molecule has 2 N–H and O–H groups in total. The van der Waals surface area contributed by atoms with Gasteiger partial charge < -0.3 is 10.6 Å². The molecular weight excluding hydrogens is 234 g/mol. The van der Waals surface area contributed by atoms with E-state index in [2.05, 4.69) is 4.90 Å². The van der Waals surface area contributed by atoms with Gasteiger partial charge in [0.2, 0.25) is 5.91 Å². The second-order valence-electron chi connectivity index (χ2n) is 5.09. The van der Waals surface area contributed by atoms with Crippen molar-refractivity contribution in [2.24, 2.45) is 5.73 Å². The van der Waals surface area contributed by atoms with Crippen LogP contribution in [-0.4, -0.2) is 66.0 Å². The molecule has 1 amide bonds. The number of likely N-dealkylation sites (tertiary alicyclic amines) is 2. The molecule has 5 heteroatoms. The quantitative estimate of drug-likeness (QED) is 0.794. The molecule has 2 heterocycles. The summed E-state index contributed by atoms with van der Waals surface area (Å²) in [5.41, 5.74) is 5.92. The van der Waals surface area contributed by atoms with Gasteiger partial charge in [-0.05, 0) is 38.6 Å². The van der Waals surface area contributed by atoms with Gasteiger partial charge in [-0.15, -0.1) is 0 Å². The molecule has 0 bridgehead atoms. The summed E-state index contributed by atoms with van der Waals surface area (Å²) >= 11 is 1.61. The Labute approximate surface area is 108 Å². The van der Waals surface area contributed by atoms with Crippen LogP contribution in [0.15, 0.2) is 0 Å². The number of piperidine rings is 1. The van der Waals surface area contributed by atoms with Crippen LogP contribution in [0, 0.1) is 0 Å². The van der Waals surface area contributed by atoms with Crippen molar-refractivity contribution in [3.63, 3.8) is 0 Å². The van der Waals surface area contributed by atoms with Gasteiger partial charge in [0.25, 0.3) is 0 Å². The van der Waals surface area contributed by atoms with Crippen LogP contribution in [0.1, 0.15) is 19.3 Å². The van der Waals surface area contributed by atoms with E-state index >= 15 is 0 Å². The van der Waals surface area contributed by atoms with Crippen LogP contribution >= 0.6 is 11.8 Å². The highest BCUT2D eigenvalue weighted by Gasteiger charge is 2.31. The first-order valence-electron chi connectivity index (χ1n) is 6.47. The number of nitrogens with two attached hydrogens (primary N) is 1. The SMILES string of the molecule is CSCC(=O)N1CCC(N2CCC(N)CC2)C1. The molecule has 0 spiro atoms. The second-order valence-corrected chi connectivity index (χ2v) is 5.95. The fraction of sp³-hybridized carbons (Fsp3) is 0.917. The lowest BCUT2D eigenvalue weighted by molar-refractivity contribution is -0.127. The van der Waals surface area contributed by atoms with Crippen LogP contribution in [0.3, 0.4) is 0 Å². The first-order chi connectivity index (χ1) is 8.20. The number of hydrogen-bond acceptors (Lipinski definition) is 4. The standard InChI is InChI=1S/C12H23N3OS/c1-17-9-12(16)15-7-4-11(8-15)14-5-2-10(13)3-6-14/h10-11H,2-9,13H2,1H3. The fourth-order valence-corrected chi connectivity index (χ4v) is 3.20. The Hall–Kier alpha value is -0.260. The predicted molar refractivity (Wildman–Crippen MR) is 72.1 cm³/mol. The summed E-state index contributed by atoms with van der Waals surface area (Å²) in [6.07, 6.45) is 5.33. The summed E-state index contributed by atoms with van der Waals surface area (Å²) in [7, 11) is 0. The number of carbonyl (C=O) groups excluding carboxylic acids is 1. The molecule has 2 saturated heterocycles. The number of hydrogen-bond donors (Lipinski definition) is 1. The molecule has 4 nitrogen and oxygen atoms in total. The lowest BCUT2D eigenvalue weighted by atomic mass is 10.0. The maximum absolute atomic E-state index is 11.8. The Morgan fingerprint density at radius 1 is 1.29 bits per heavy atom. The summed E-state index contributed by atoms with van der Waals surface area (Å²) in [6.45, 7) is 4.08. The summed E-state index contributed by atoms with van der Waals surface area (Å²) < 4.78 is 0.